The van der Waals surface area contributed by atoms with E-state index >= 15 is 0 Å². The Labute approximate surface area is 78.7 Å². The fraction of sp³-hybridized carbons (Fsp3) is 0.750. The van der Waals surface area contributed by atoms with Gasteiger partial charge < -0.3 is 9.75 Å². The standard InChI is InChI=1S/C8H17N3O2/c1-8(2,3)13-7(12)9-6-10-11(4)5/h6H,1-5H3,(H,9,10,12). The maximum absolute atomic E-state index is 11.0. The number of carbonyl (C=O) groups is 1. The number of hydrazone groups is 1. The highest BCUT2D eigenvalue weighted by Gasteiger charge is 2.14. The topological polar surface area (TPSA) is 53.9 Å². The van der Waals surface area contributed by atoms with Gasteiger partial charge in [-0.25, -0.2) is 4.79 Å². The van der Waals surface area contributed by atoms with Crippen LogP contribution in [0.25, 0.3) is 0 Å². The van der Waals surface area contributed by atoms with Gasteiger partial charge in [-0.05, 0) is 20.8 Å². The molecule has 0 unspecified atom stereocenters. The molecule has 76 valence electrons. The van der Waals surface area contributed by atoms with E-state index in [0.717, 1.165) is 0 Å². The summed E-state index contributed by atoms with van der Waals surface area (Å²) >= 11 is 0. The van der Waals surface area contributed by atoms with E-state index in [1.807, 2.05) is 0 Å². The second-order valence-electron chi connectivity index (χ2n) is 3.74. The lowest BCUT2D eigenvalue weighted by atomic mass is 10.2. The van der Waals surface area contributed by atoms with Crippen molar-refractivity contribution in [1.82, 2.24) is 10.3 Å². The molecule has 0 aliphatic carbocycles. The summed E-state index contributed by atoms with van der Waals surface area (Å²) in [4.78, 5) is 11.0. The summed E-state index contributed by atoms with van der Waals surface area (Å²) in [5, 5.41) is 7.73. The number of alkyl carbamates (subject to hydrolysis) is 1. The van der Waals surface area contributed by atoms with Gasteiger partial charge in [-0.1, -0.05) is 0 Å². The Kier molecular flexibility index (Phi) is 4.23. The van der Waals surface area contributed by atoms with Crippen LogP contribution in [0.4, 0.5) is 4.79 Å². The third-order valence-electron chi connectivity index (χ3n) is 0.870. The summed E-state index contributed by atoms with van der Waals surface area (Å²) in [6.07, 6.45) is 0.784. The van der Waals surface area contributed by atoms with Crippen molar-refractivity contribution in [2.45, 2.75) is 26.4 Å². The molecule has 0 aromatic heterocycles. The zero-order chi connectivity index (χ0) is 10.5. The minimum Gasteiger partial charge on any atom is -0.444 e. The maximum Gasteiger partial charge on any atom is 0.412 e. The van der Waals surface area contributed by atoms with E-state index in [2.05, 4.69) is 10.4 Å². The van der Waals surface area contributed by atoms with Gasteiger partial charge in [-0.15, -0.1) is 0 Å². The molecule has 0 aliphatic rings. The van der Waals surface area contributed by atoms with E-state index in [4.69, 9.17) is 4.74 Å². The van der Waals surface area contributed by atoms with Gasteiger partial charge in [-0.3, -0.25) is 5.32 Å². The molecule has 0 atom stereocenters. The minimum atomic E-state index is -0.502. The highest BCUT2D eigenvalue weighted by molar-refractivity contribution is 5.82. The van der Waals surface area contributed by atoms with Gasteiger partial charge in [0.2, 0.25) is 0 Å². The lowest BCUT2D eigenvalue weighted by Gasteiger charge is -2.18. The minimum absolute atomic E-state index is 0.476. The third-order valence-corrected chi connectivity index (χ3v) is 0.870. The zero-order valence-corrected chi connectivity index (χ0v) is 8.79. The van der Waals surface area contributed by atoms with Crippen LogP contribution in [0.5, 0.6) is 0 Å². The van der Waals surface area contributed by atoms with Crippen molar-refractivity contribution in [3.63, 3.8) is 0 Å². The molecule has 0 aliphatic heterocycles. The van der Waals surface area contributed by atoms with Crippen LogP contribution in [0, 0.1) is 0 Å². The van der Waals surface area contributed by atoms with Crippen molar-refractivity contribution >= 4 is 12.4 Å². The Balaban J connectivity index is 3.77. The third kappa shape index (κ3) is 8.65. The van der Waals surface area contributed by atoms with Gasteiger partial charge >= 0.3 is 6.09 Å². The average molecular weight is 187 g/mol. The van der Waals surface area contributed by atoms with Crippen molar-refractivity contribution in [3.05, 3.63) is 0 Å². The molecular weight excluding hydrogens is 170 g/mol. The average Bonchev–Trinajstić information content (AvgIpc) is 1.81. The Hall–Kier alpha value is -1.26. The van der Waals surface area contributed by atoms with Crippen molar-refractivity contribution in [3.8, 4) is 0 Å². The predicted octanol–water partition coefficient (Wildman–Crippen LogP) is 1.02. The molecular formula is C8H17N3O2. The van der Waals surface area contributed by atoms with Gasteiger partial charge in [0.1, 0.15) is 11.9 Å². The second-order valence-corrected chi connectivity index (χ2v) is 3.74. The monoisotopic (exact) mass is 187 g/mol. The Morgan fingerprint density at radius 1 is 1.46 bits per heavy atom. The number of hydrogen-bond donors (Lipinski definition) is 1. The molecule has 0 heterocycles. The summed E-state index contributed by atoms with van der Waals surface area (Å²) in [7, 11) is 3.51. The first-order valence-electron chi connectivity index (χ1n) is 4.00. The van der Waals surface area contributed by atoms with Crippen LogP contribution in [0.15, 0.2) is 5.10 Å². The van der Waals surface area contributed by atoms with E-state index in [1.54, 1.807) is 39.9 Å². The summed E-state index contributed by atoms with van der Waals surface area (Å²) < 4.78 is 4.96. The maximum atomic E-state index is 11.0. The SMILES string of the molecule is CN(C)N=CNC(=O)OC(C)(C)C. The first kappa shape index (κ1) is 11.7. The van der Waals surface area contributed by atoms with Crippen LogP contribution in [0.3, 0.4) is 0 Å². The van der Waals surface area contributed by atoms with Crippen LogP contribution in [0.2, 0.25) is 0 Å². The largest absolute Gasteiger partial charge is 0.444 e. The van der Waals surface area contributed by atoms with Crippen LogP contribution in [-0.2, 0) is 4.74 Å². The van der Waals surface area contributed by atoms with Crippen LogP contribution in [-0.4, -0.2) is 37.1 Å². The summed E-state index contributed by atoms with van der Waals surface area (Å²) in [6.45, 7) is 5.40. The van der Waals surface area contributed by atoms with Crippen LogP contribution < -0.4 is 5.32 Å². The molecule has 0 aromatic rings. The molecule has 0 aromatic carbocycles. The molecule has 0 fully saturated rings. The molecule has 5 nitrogen and oxygen atoms in total. The Morgan fingerprint density at radius 2 is 2.00 bits per heavy atom. The Bertz CT molecular complexity index is 194. The number of carbonyl (C=O) groups excluding carboxylic acids is 1. The number of nitrogens with zero attached hydrogens (tertiary/aromatic N) is 2. The highest BCUT2D eigenvalue weighted by Crippen LogP contribution is 2.05. The van der Waals surface area contributed by atoms with Crippen LogP contribution in [0.1, 0.15) is 20.8 Å². The molecule has 0 rings (SSSR count). The zero-order valence-electron chi connectivity index (χ0n) is 8.79. The summed E-state index contributed by atoms with van der Waals surface area (Å²) in [6, 6.07) is 0. The fourth-order valence-corrected chi connectivity index (χ4v) is 0.505. The summed E-state index contributed by atoms with van der Waals surface area (Å²) in [5.41, 5.74) is -0.476. The van der Waals surface area contributed by atoms with Gasteiger partial charge in [-0.2, -0.15) is 5.10 Å². The lowest BCUT2D eigenvalue weighted by molar-refractivity contribution is 0.0565. The lowest BCUT2D eigenvalue weighted by Crippen LogP contribution is -2.32. The fourth-order valence-electron chi connectivity index (χ4n) is 0.505. The number of rotatable bonds is 2. The van der Waals surface area contributed by atoms with Crippen molar-refractivity contribution < 1.29 is 9.53 Å². The van der Waals surface area contributed by atoms with E-state index in [0.29, 0.717) is 0 Å². The second kappa shape index (κ2) is 4.69. The van der Waals surface area contributed by atoms with Gasteiger partial charge in [0.05, 0.1) is 0 Å². The van der Waals surface area contributed by atoms with Crippen LogP contribution >= 0.6 is 0 Å². The molecule has 0 radical (unpaired) electrons. The molecule has 0 bridgehead atoms. The molecule has 0 spiro atoms. The first-order chi connectivity index (χ1) is 5.81. The van der Waals surface area contributed by atoms with Gasteiger partial charge in [0.25, 0.3) is 0 Å². The molecule has 5 heteroatoms. The van der Waals surface area contributed by atoms with Crippen molar-refractivity contribution in [2.24, 2.45) is 5.10 Å². The number of amides is 1. The van der Waals surface area contributed by atoms with E-state index in [1.165, 1.54) is 6.34 Å². The number of ether oxygens (including phenoxy) is 1. The first-order valence-corrected chi connectivity index (χ1v) is 4.00. The highest BCUT2D eigenvalue weighted by atomic mass is 16.6. The van der Waals surface area contributed by atoms with Crippen molar-refractivity contribution in [1.29, 1.82) is 0 Å². The Morgan fingerprint density at radius 3 is 2.38 bits per heavy atom. The van der Waals surface area contributed by atoms with E-state index in [9.17, 15) is 4.79 Å². The molecule has 1 N–H and O–H groups in total. The molecule has 0 saturated heterocycles. The molecule has 13 heavy (non-hydrogen) atoms. The number of hydrogen-bond acceptors (Lipinski definition) is 4. The predicted molar refractivity (Wildman–Crippen MR) is 51.5 cm³/mol. The van der Waals surface area contributed by atoms with Crippen molar-refractivity contribution in [2.75, 3.05) is 14.1 Å². The summed E-state index contributed by atoms with van der Waals surface area (Å²) in [5.74, 6) is 0. The molecule has 0 saturated carbocycles. The quantitative estimate of drug-likeness (QED) is 0.399. The van der Waals surface area contributed by atoms with Gasteiger partial charge in [0.15, 0.2) is 0 Å². The normalized spacial score (nSPS) is 11.5. The number of nitrogens with one attached hydrogen (secondary N) is 1. The van der Waals surface area contributed by atoms with E-state index in [-0.39, 0.29) is 0 Å². The smallest absolute Gasteiger partial charge is 0.412 e. The molecule has 1 amide bonds. The van der Waals surface area contributed by atoms with E-state index < -0.39 is 11.7 Å². The van der Waals surface area contributed by atoms with Gasteiger partial charge in [0, 0.05) is 14.1 Å².